The van der Waals surface area contributed by atoms with Gasteiger partial charge in [0.25, 0.3) is 0 Å². The second-order valence-electron chi connectivity index (χ2n) is 4.18. The van der Waals surface area contributed by atoms with Crippen LogP contribution in [0.15, 0.2) is 24.3 Å². The number of nitrogens with two attached hydrogens (primary N) is 1. The Morgan fingerprint density at radius 3 is 2.65 bits per heavy atom. The first-order valence-corrected chi connectivity index (χ1v) is 6.23. The van der Waals surface area contributed by atoms with Crippen molar-refractivity contribution in [1.82, 2.24) is 5.32 Å². The van der Waals surface area contributed by atoms with Gasteiger partial charge in [-0.05, 0) is 37.1 Å². The fourth-order valence-corrected chi connectivity index (χ4v) is 1.65. The Bertz CT molecular complexity index is 351. The van der Waals surface area contributed by atoms with Gasteiger partial charge in [-0.25, -0.2) is 0 Å². The van der Waals surface area contributed by atoms with Crippen LogP contribution >= 0.6 is 11.6 Å². The summed E-state index contributed by atoms with van der Waals surface area (Å²) >= 11 is 5.78. The molecule has 17 heavy (non-hydrogen) atoms. The van der Waals surface area contributed by atoms with Crippen molar-refractivity contribution < 1.29 is 4.79 Å². The van der Waals surface area contributed by atoms with Crippen LogP contribution in [-0.2, 0) is 11.3 Å². The maximum Gasteiger partial charge on any atom is 0.223 e. The molecule has 0 saturated heterocycles. The minimum Gasteiger partial charge on any atom is -0.352 e. The number of amides is 1. The van der Waals surface area contributed by atoms with Gasteiger partial charge in [-0.2, -0.15) is 0 Å². The molecule has 4 heteroatoms. The van der Waals surface area contributed by atoms with E-state index in [2.05, 4.69) is 5.32 Å². The van der Waals surface area contributed by atoms with Crippen LogP contribution in [0, 0.1) is 5.92 Å². The minimum atomic E-state index is 0.0193. The van der Waals surface area contributed by atoms with E-state index < -0.39 is 0 Å². The first-order valence-electron chi connectivity index (χ1n) is 5.85. The molecule has 1 atom stereocenters. The number of benzene rings is 1. The quantitative estimate of drug-likeness (QED) is 0.819. The second kappa shape index (κ2) is 7.30. The van der Waals surface area contributed by atoms with Crippen molar-refractivity contribution in [3.8, 4) is 0 Å². The molecule has 0 aromatic heterocycles. The van der Waals surface area contributed by atoms with Crippen LogP contribution < -0.4 is 11.1 Å². The Balaban J connectivity index is 2.34. The molecule has 0 heterocycles. The third-order valence-corrected chi connectivity index (χ3v) is 2.92. The number of carbonyl (C=O) groups excluding carboxylic acids is 1. The number of carbonyl (C=O) groups is 1. The van der Waals surface area contributed by atoms with Crippen molar-refractivity contribution in [1.29, 1.82) is 0 Å². The molecule has 0 radical (unpaired) electrons. The first-order chi connectivity index (χ1) is 8.13. The van der Waals surface area contributed by atoms with E-state index in [4.69, 9.17) is 17.3 Å². The summed E-state index contributed by atoms with van der Waals surface area (Å²) in [6.45, 7) is 3.10. The Kier molecular flexibility index (Phi) is 6.01. The predicted octanol–water partition coefficient (Wildman–Crippen LogP) is 2.33. The lowest BCUT2D eigenvalue weighted by Crippen LogP contribution is -2.29. The van der Waals surface area contributed by atoms with E-state index in [1.807, 2.05) is 31.2 Å². The molecule has 0 aliphatic carbocycles. The average molecular weight is 255 g/mol. The predicted molar refractivity (Wildman–Crippen MR) is 70.8 cm³/mol. The Hall–Kier alpha value is -1.06. The van der Waals surface area contributed by atoms with E-state index in [0.29, 0.717) is 18.1 Å². The zero-order valence-corrected chi connectivity index (χ0v) is 10.8. The van der Waals surface area contributed by atoms with Crippen LogP contribution in [0.25, 0.3) is 0 Å². The summed E-state index contributed by atoms with van der Waals surface area (Å²) in [5, 5.41) is 3.61. The van der Waals surface area contributed by atoms with Crippen LogP contribution in [0.4, 0.5) is 0 Å². The third kappa shape index (κ3) is 5.20. The van der Waals surface area contributed by atoms with Crippen LogP contribution in [0.2, 0.25) is 5.02 Å². The molecule has 94 valence electrons. The largest absolute Gasteiger partial charge is 0.352 e. The van der Waals surface area contributed by atoms with E-state index in [0.717, 1.165) is 18.4 Å². The van der Waals surface area contributed by atoms with Crippen LogP contribution in [0.3, 0.4) is 0 Å². The summed E-state index contributed by atoms with van der Waals surface area (Å²) in [4.78, 5) is 11.7. The van der Waals surface area contributed by atoms with E-state index in [1.54, 1.807) is 0 Å². The fourth-order valence-electron chi connectivity index (χ4n) is 1.52. The number of rotatable bonds is 6. The van der Waals surface area contributed by atoms with Crippen molar-refractivity contribution in [2.75, 3.05) is 6.54 Å². The lowest BCUT2D eigenvalue weighted by Gasteiger charge is -2.11. The Morgan fingerprint density at radius 2 is 2.06 bits per heavy atom. The van der Waals surface area contributed by atoms with Gasteiger partial charge >= 0.3 is 0 Å². The summed E-state index contributed by atoms with van der Waals surface area (Å²) in [6, 6.07) is 7.46. The van der Waals surface area contributed by atoms with Gasteiger partial charge < -0.3 is 11.1 Å². The molecule has 3 N–H and O–H groups in total. The summed E-state index contributed by atoms with van der Waals surface area (Å²) < 4.78 is 0. The molecule has 3 nitrogen and oxygen atoms in total. The van der Waals surface area contributed by atoms with Crippen LogP contribution in [0.5, 0.6) is 0 Å². The van der Waals surface area contributed by atoms with Gasteiger partial charge in [0.2, 0.25) is 5.91 Å². The monoisotopic (exact) mass is 254 g/mol. The molecule has 1 rings (SSSR count). The number of hydrogen-bond acceptors (Lipinski definition) is 2. The highest BCUT2D eigenvalue weighted by Crippen LogP contribution is 2.10. The van der Waals surface area contributed by atoms with Gasteiger partial charge in [0.1, 0.15) is 0 Å². The van der Waals surface area contributed by atoms with Gasteiger partial charge in [0, 0.05) is 17.5 Å². The maximum atomic E-state index is 11.7. The molecule has 0 fully saturated rings. The maximum absolute atomic E-state index is 11.7. The van der Waals surface area contributed by atoms with E-state index in [-0.39, 0.29) is 11.8 Å². The number of nitrogens with one attached hydrogen (secondary N) is 1. The van der Waals surface area contributed by atoms with Crippen molar-refractivity contribution in [2.24, 2.45) is 11.7 Å². The zero-order chi connectivity index (χ0) is 12.7. The molecule has 1 aromatic carbocycles. The second-order valence-corrected chi connectivity index (χ2v) is 4.61. The van der Waals surface area contributed by atoms with E-state index in [9.17, 15) is 4.79 Å². The summed E-state index contributed by atoms with van der Waals surface area (Å²) in [6.07, 6.45) is 1.72. The summed E-state index contributed by atoms with van der Waals surface area (Å²) in [7, 11) is 0. The molecule has 0 spiro atoms. The number of hydrogen-bond donors (Lipinski definition) is 2. The first kappa shape index (κ1) is 14.0. The topological polar surface area (TPSA) is 55.1 Å². The highest BCUT2D eigenvalue weighted by atomic mass is 35.5. The smallest absolute Gasteiger partial charge is 0.223 e. The van der Waals surface area contributed by atoms with Gasteiger partial charge in [0.05, 0.1) is 0 Å². The fraction of sp³-hybridized carbons (Fsp3) is 0.462. The van der Waals surface area contributed by atoms with Gasteiger partial charge in [0.15, 0.2) is 0 Å². The minimum absolute atomic E-state index is 0.0193. The molecule has 0 saturated carbocycles. The molecule has 1 unspecified atom stereocenters. The van der Waals surface area contributed by atoms with Crippen LogP contribution in [0.1, 0.15) is 25.3 Å². The van der Waals surface area contributed by atoms with Crippen molar-refractivity contribution in [3.05, 3.63) is 34.9 Å². The van der Waals surface area contributed by atoms with Gasteiger partial charge in [-0.1, -0.05) is 30.7 Å². The molecule has 0 bridgehead atoms. The van der Waals surface area contributed by atoms with E-state index in [1.165, 1.54) is 0 Å². The molecule has 0 aliphatic rings. The molecule has 0 aliphatic heterocycles. The third-order valence-electron chi connectivity index (χ3n) is 2.67. The molecule has 1 amide bonds. The molecular formula is C13H19ClN2O. The SMILES string of the molecule is CC(CCCN)C(=O)NCc1ccc(Cl)cc1. The van der Waals surface area contributed by atoms with Gasteiger partial charge in [-0.15, -0.1) is 0 Å². The van der Waals surface area contributed by atoms with Crippen molar-refractivity contribution in [2.45, 2.75) is 26.3 Å². The normalized spacial score (nSPS) is 12.2. The van der Waals surface area contributed by atoms with E-state index >= 15 is 0 Å². The Labute approximate surface area is 107 Å². The van der Waals surface area contributed by atoms with Crippen molar-refractivity contribution in [3.63, 3.8) is 0 Å². The highest BCUT2D eigenvalue weighted by molar-refractivity contribution is 6.30. The summed E-state index contributed by atoms with van der Waals surface area (Å²) in [5.74, 6) is 0.0965. The lowest BCUT2D eigenvalue weighted by molar-refractivity contribution is -0.124. The lowest BCUT2D eigenvalue weighted by atomic mass is 10.0. The highest BCUT2D eigenvalue weighted by Gasteiger charge is 2.11. The average Bonchev–Trinajstić information content (AvgIpc) is 2.34. The molecular weight excluding hydrogens is 236 g/mol. The Morgan fingerprint density at radius 1 is 1.41 bits per heavy atom. The van der Waals surface area contributed by atoms with Gasteiger partial charge in [-0.3, -0.25) is 4.79 Å². The van der Waals surface area contributed by atoms with Crippen molar-refractivity contribution >= 4 is 17.5 Å². The summed E-state index contributed by atoms with van der Waals surface area (Å²) in [5.41, 5.74) is 6.46. The standard InChI is InChI=1S/C13H19ClN2O/c1-10(3-2-8-15)13(17)16-9-11-4-6-12(14)7-5-11/h4-7,10H,2-3,8-9,15H2,1H3,(H,16,17). The number of halogens is 1. The van der Waals surface area contributed by atoms with Crippen LogP contribution in [-0.4, -0.2) is 12.5 Å². The zero-order valence-electron chi connectivity index (χ0n) is 10.1. The molecule has 1 aromatic rings.